The summed E-state index contributed by atoms with van der Waals surface area (Å²) in [5.41, 5.74) is 9.61. The molecule has 1 aromatic carbocycles. The molecule has 26 heavy (non-hydrogen) atoms. The second-order valence-corrected chi connectivity index (χ2v) is 7.77. The number of hydrogen-bond donors (Lipinski definition) is 2. The first-order valence-electron chi connectivity index (χ1n) is 9.78. The zero-order valence-electron chi connectivity index (χ0n) is 15.8. The Balaban J connectivity index is 1.47. The van der Waals surface area contributed by atoms with Crippen LogP contribution in [0.15, 0.2) is 36.5 Å². The van der Waals surface area contributed by atoms with Crippen molar-refractivity contribution in [2.45, 2.75) is 39.2 Å². The maximum atomic E-state index is 4.72. The van der Waals surface area contributed by atoms with E-state index in [9.17, 15) is 0 Å². The maximum absolute atomic E-state index is 4.72. The van der Waals surface area contributed by atoms with Gasteiger partial charge in [0.05, 0.1) is 0 Å². The molecule has 2 saturated heterocycles. The molecular weight excluding hydrogens is 322 g/mol. The van der Waals surface area contributed by atoms with E-state index in [1.807, 2.05) is 13.1 Å². The van der Waals surface area contributed by atoms with Gasteiger partial charge in [0.2, 0.25) is 0 Å². The molecule has 0 aliphatic carbocycles. The topological polar surface area (TPSA) is 53.1 Å². The van der Waals surface area contributed by atoms with Gasteiger partial charge in [0, 0.05) is 37.4 Å². The summed E-state index contributed by atoms with van der Waals surface area (Å²) >= 11 is 0. The van der Waals surface area contributed by atoms with Crippen LogP contribution in [-0.2, 0) is 6.42 Å². The molecule has 138 valence electrons. The zero-order chi connectivity index (χ0) is 17.9. The Bertz CT molecular complexity index is 732. The van der Waals surface area contributed by atoms with Crippen molar-refractivity contribution in [3.05, 3.63) is 53.5 Å². The number of hydrazine groups is 1. The van der Waals surface area contributed by atoms with Gasteiger partial charge in [0.1, 0.15) is 11.6 Å². The van der Waals surface area contributed by atoms with Gasteiger partial charge < -0.3 is 4.90 Å². The van der Waals surface area contributed by atoms with Gasteiger partial charge in [-0.25, -0.2) is 9.97 Å². The zero-order valence-corrected chi connectivity index (χ0v) is 15.8. The molecule has 3 atom stereocenters. The molecular formula is C21H29N5. The highest BCUT2D eigenvalue weighted by atomic mass is 15.4. The van der Waals surface area contributed by atoms with Crippen molar-refractivity contribution in [1.82, 2.24) is 20.8 Å². The molecule has 0 spiro atoms. The van der Waals surface area contributed by atoms with Crippen LogP contribution in [0.3, 0.4) is 0 Å². The third-order valence-corrected chi connectivity index (χ3v) is 5.81. The van der Waals surface area contributed by atoms with Crippen molar-refractivity contribution >= 4 is 5.82 Å². The number of nitrogens with one attached hydrogen (secondary N) is 2. The van der Waals surface area contributed by atoms with E-state index < -0.39 is 0 Å². The lowest BCUT2D eigenvalue weighted by molar-refractivity contribution is 0.275. The summed E-state index contributed by atoms with van der Waals surface area (Å²) in [7, 11) is 0. The van der Waals surface area contributed by atoms with Crippen LogP contribution in [0.1, 0.15) is 29.8 Å². The summed E-state index contributed by atoms with van der Waals surface area (Å²) in [5, 5.41) is 0. The number of hydrogen-bond acceptors (Lipinski definition) is 5. The lowest BCUT2D eigenvalue weighted by Crippen LogP contribution is -2.47. The highest BCUT2D eigenvalue weighted by Gasteiger charge is 2.36. The number of aromatic nitrogens is 2. The summed E-state index contributed by atoms with van der Waals surface area (Å²) in [6.07, 6.45) is 5.59. The van der Waals surface area contributed by atoms with Crippen molar-refractivity contribution in [3.63, 3.8) is 0 Å². The van der Waals surface area contributed by atoms with E-state index in [0.717, 1.165) is 37.7 Å². The normalized spacial score (nSPS) is 26.2. The van der Waals surface area contributed by atoms with Crippen molar-refractivity contribution in [3.8, 4) is 0 Å². The number of benzene rings is 1. The van der Waals surface area contributed by atoms with Gasteiger partial charge in [0.15, 0.2) is 0 Å². The molecule has 2 aliphatic rings. The molecule has 3 heterocycles. The molecule has 3 unspecified atom stereocenters. The van der Waals surface area contributed by atoms with Crippen LogP contribution in [0, 0.1) is 25.7 Å². The lowest BCUT2D eigenvalue weighted by atomic mass is 9.81. The predicted octanol–water partition coefficient (Wildman–Crippen LogP) is 2.65. The largest absolute Gasteiger partial charge is 0.356 e. The van der Waals surface area contributed by atoms with Crippen molar-refractivity contribution < 1.29 is 0 Å². The molecule has 5 nitrogen and oxygen atoms in total. The average Bonchev–Trinajstić information content (AvgIpc) is 3.13. The third-order valence-electron chi connectivity index (χ3n) is 5.81. The number of piperidine rings is 1. The Morgan fingerprint density at radius 1 is 1.19 bits per heavy atom. The Labute approximate surface area is 156 Å². The van der Waals surface area contributed by atoms with Crippen LogP contribution in [-0.4, -0.2) is 35.6 Å². The average molecular weight is 351 g/mol. The standard InChI is InChI=1S/C21H29N5/c1-15-12-22-16(2)24-21(15)26-10-6-9-18(14-26)20-19(13-23-25-20)11-17-7-4-3-5-8-17/h3-5,7-8,12,18-20,23,25H,6,9-11,13-14H2,1-2H3. The van der Waals surface area contributed by atoms with E-state index in [1.54, 1.807) is 0 Å². The molecule has 2 N–H and O–H groups in total. The molecule has 0 radical (unpaired) electrons. The number of anilines is 1. The van der Waals surface area contributed by atoms with Crippen LogP contribution >= 0.6 is 0 Å². The van der Waals surface area contributed by atoms with E-state index in [1.165, 1.54) is 24.0 Å². The SMILES string of the molecule is Cc1ncc(C)c(N2CCCC(C3NNCC3Cc3ccccc3)C2)n1. The summed E-state index contributed by atoms with van der Waals surface area (Å²) < 4.78 is 0. The summed E-state index contributed by atoms with van der Waals surface area (Å²) in [6.45, 7) is 7.30. The van der Waals surface area contributed by atoms with Gasteiger partial charge in [-0.15, -0.1) is 0 Å². The quantitative estimate of drug-likeness (QED) is 0.887. The summed E-state index contributed by atoms with van der Waals surface area (Å²) in [5.74, 6) is 3.25. The molecule has 2 aliphatic heterocycles. The molecule has 0 amide bonds. The first kappa shape index (κ1) is 17.4. The number of nitrogens with zero attached hydrogens (tertiary/aromatic N) is 3. The van der Waals surface area contributed by atoms with E-state index in [0.29, 0.717) is 17.9 Å². The second-order valence-electron chi connectivity index (χ2n) is 7.77. The smallest absolute Gasteiger partial charge is 0.135 e. The monoisotopic (exact) mass is 351 g/mol. The minimum Gasteiger partial charge on any atom is -0.356 e. The Kier molecular flexibility index (Phi) is 5.18. The minimum absolute atomic E-state index is 0.515. The second kappa shape index (κ2) is 7.72. The molecule has 4 rings (SSSR count). The van der Waals surface area contributed by atoms with Gasteiger partial charge in [0.25, 0.3) is 0 Å². The van der Waals surface area contributed by atoms with Crippen LogP contribution in [0.2, 0.25) is 0 Å². The van der Waals surface area contributed by atoms with Gasteiger partial charge in [-0.1, -0.05) is 30.3 Å². The fraction of sp³-hybridized carbons (Fsp3) is 0.524. The first-order chi connectivity index (χ1) is 12.7. The van der Waals surface area contributed by atoms with Gasteiger partial charge in [-0.05, 0) is 50.5 Å². The van der Waals surface area contributed by atoms with Crippen LogP contribution in [0.25, 0.3) is 0 Å². The fourth-order valence-electron chi connectivity index (χ4n) is 4.51. The predicted molar refractivity (Wildman–Crippen MR) is 105 cm³/mol. The Morgan fingerprint density at radius 2 is 2.04 bits per heavy atom. The van der Waals surface area contributed by atoms with Crippen molar-refractivity contribution in [2.75, 3.05) is 24.5 Å². The van der Waals surface area contributed by atoms with E-state index >= 15 is 0 Å². The molecule has 1 aromatic heterocycles. The Hall–Kier alpha value is -1.98. The van der Waals surface area contributed by atoms with Crippen molar-refractivity contribution in [1.29, 1.82) is 0 Å². The molecule has 0 saturated carbocycles. The highest BCUT2D eigenvalue weighted by Crippen LogP contribution is 2.30. The van der Waals surface area contributed by atoms with E-state index in [-0.39, 0.29) is 0 Å². The number of rotatable bonds is 4. The van der Waals surface area contributed by atoms with Gasteiger partial charge >= 0.3 is 0 Å². The highest BCUT2D eigenvalue weighted by molar-refractivity contribution is 5.45. The van der Waals surface area contributed by atoms with E-state index in [2.05, 4.69) is 58.0 Å². The summed E-state index contributed by atoms with van der Waals surface area (Å²) in [4.78, 5) is 11.5. The molecule has 0 bridgehead atoms. The van der Waals surface area contributed by atoms with E-state index in [4.69, 9.17) is 4.98 Å². The molecule has 5 heteroatoms. The first-order valence-corrected chi connectivity index (χ1v) is 9.78. The Morgan fingerprint density at radius 3 is 2.88 bits per heavy atom. The van der Waals surface area contributed by atoms with Crippen LogP contribution in [0.4, 0.5) is 5.82 Å². The fourth-order valence-corrected chi connectivity index (χ4v) is 4.51. The molecule has 2 aromatic rings. The van der Waals surface area contributed by atoms with Crippen LogP contribution < -0.4 is 15.8 Å². The van der Waals surface area contributed by atoms with Gasteiger partial charge in [-0.3, -0.25) is 10.9 Å². The summed E-state index contributed by atoms with van der Waals surface area (Å²) in [6, 6.07) is 11.4. The minimum atomic E-state index is 0.515. The number of aryl methyl sites for hydroxylation is 2. The van der Waals surface area contributed by atoms with Gasteiger partial charge in [-0.2, -0.15) is 0 Å². The lowest BCUT2D eigenvalue weighted by Gasteiger charge is -2.38. The molecule has 2 fully saturated rings. The third kappa shape index (κ3) is 3.74. The van der Waals surface area contributed by atoms with Crippen LogP contribution in [0.5, 0.6) is 0 Å². The van der Waals surface area contributed by atoms with Crippen molar-refractivity contribution in [2.24, 2.45) is 11.8 Å². The maximum Gasteiger partial charge on any atom is 0.135 e.